The van der Waals surface area contributed by atoms with Crippen LogP contribution in [-0.2, 0) is 9.53 Å². The summed E-state index contributed by atoms with van der Waals surface area (Å²) in [4.78, 5) is 11.2. The quantitative estimate of drug-likeness (QED) is 0.658. The molecule has 96 valence electrons. The van der Waals surface area contributed by atoms with Crippen LogP contribution in [-0.4, -0.2) is 13.1 Å². The zero-order valence-electron chi connectivity index (χ0n) is 10.8. The lowest BCUT2D eigenvalue weighted by Gasteiger charge is -2.26. The highest BCUT2D eigenvalue weighted by atomic mass is 16.5. The number of anilines is 1. The Morgan fingerprint density at radius 1 is 1.44 bits per heavy atom. The first kappa shape index (κ1) is 12.7. The molecular formula is C15H19NO2. The Kier molecular flexibility index (Phi) is 3.70. The third-order valence-electron chi connectivity index (χ3n) is 3.68. The minimum absolute atomic E-state index is 0.140. The first-order valence-corrected chi connectivity index (χ1v) is 6.26. The smallest absolute Gasteiger partial charge is 0.305 e. The van der Waals surface area contributed by atoms with Gasteiger partial charge in [-0.1, -0.05) is 25.1 Å². The van der Waals surface area contributed by atoms with Gasteiger partial charge in [-0.2, -0.15) is 0 Å². The number of benzene rings is 1. The number of carbonyl (C=O) groups excluding carboxylic acids is 1. The fraction of sp³-hybridized carbons (Fsp3) is 0.400. The zero-order chi connectivity index (χ0) is 13.1. The summed E-state index contributed by atoms with van der Waals surface area (Å²) in [6, 6.07) is 6.02. The van der Waals surface area contributed by atoms with Gasteiger partial charge >= 0.3 is 5.97 Å². The number of esters is 1. The minimum atomic E-state index is -0.140. The van der Waals surface area contributed by atoms with Crippen molar-refractivity contribution in [1.29, 1.82) is 0 Å². The average Bonchev–Trinajstić information content (AvgIpc) is 2.37. The van der Waals surface area contributed by atoms with Crippen molar-refractivity contribution in [3.8, 4) is 0 Å². The third-order valence-corrected chi connectivity index (χ3v) is 3.68. The van der Waals surface area contributed by atoms with Crippen molar-refractivity contribution in [3.63, 3.8) is 0 Å². The Bertz CT molecular complexity index is 479. The van der Waals surface area contributed by atoms with Gasteiger partial charge in [0.05, 0.1) is 7.11 Å². The normalized spacial score (nSPS) is 21.4. The van der Waals surface area contributed by atoms with Crippen LogP contribution >= 0.6 is 0 Å². The molecule has 0 saturated heterocycles. The Morgan fingerprint density at radius 3 is 2.94 bits per heavy atom. The van der Waals surface area contributed by atoms with Crippen LogP contribution in [0.5, 0.6) is 0 Å². The number of ether oxygens (including phenoxy) is 1. The molecule has 2 atom stereocenters. The second-order valence-corrected chi connectivity index (χ2v) is 4.81. The Balaban J connectivity index is 2.11. The van der Waals surface area contributed by atoms with E-state index in [0.717, 1.165) is 12.1 Å². The molecule has 2 unspecified atom stereocenters. The molecule has 2 N–H and O–H groups in total. The number of rotatable bonds is 3. The van der Waals surface area contributed by atoms with E-state index in [0.29, 0.717) is 18.3 Å². The number of nitrogen functional groups attached to an aromatic ring is 1. The number of carbonyl (C=O) groups is 1. The van der Waals surface area contributed by atoms with E-state index in [1.165, 1.54) is 18.2 Å². The van der Waals surface area contributed by atoms with Gasteiger partial charge in [-0.05, 0) is 41.5 Å². The van der Waals surface area contributed by atoms with Crippen LogP contribution < -0.4 is 5.73 Å². The van der Waals surface area contributed by atoms with Crippen molar-refractivity contribution in [3.05, 3.63) is 35.4 Å². The summed E-state index contributed by atoms with van der Waals surface area (Å²) in [6.45, 7) is 2.19. The standard InChI is InChI=1S/C15H19NO2/c1-10-11(5-8-15(17)18-2)3-4-12-9-13(16)6-7-14(10)12/h3-4,6-7,9-11H,5,8,16H2,1-2H3. The molecule has 0 heterocycles. The van der Waals surface area contributed by atoms with E-state index >= 15 is 0 Å². The van der Waals surface area contributed by atoms with Crippen molar-refractivity contribution < 1.29 is 9.53 Å². The van der Waals surface area contributed by atoms with Gasteiger partial charge in [0.1, 0.15) is 0 Å². The van der Waals surface area contributed by atoms with E-state index in [1.807, 2.05) is 12.1 Å². The topological polar surface area (TPSA) is 52.3 Å². The molecule has 3 nitrogen and oxygen atoms in total. The van der Waals surface area contributed by atoms with Crippen LogP contribution in [0.15, 0.2) is 24.3 Å². The van der Waals surface area contributed by atoms with Crippen molar-refractivity contribution in [2.75, 3.05) is 12.8 Å². The van der Waals surface area contributed by atoms with Gasteiger partial charge in [-0.15, -0.1) is 0 Å². The van der Waals surface area contributed by atoms with Crippen molar-refractivity contribution >= 4 is 17.7 Å². The Hall–Kier alpha value is -1.77. The number of hydrogen-bond donors (Lipinski definition) is 1. The minimum Gasteiger partial charge on any atom is -0.469 e. The summed E-state index contributed by atoms with van der Waals surface area (Å²) < 4.78 is 4.68. The van der Waals surface area contributed by atoms with Crippen LogP contribution in [0, 0.1) is 5.92 Å². The molecule has 0 amide bonds. The second kappa shape index (κ2) is 5.25. The number of methoxy groups -OCH3 is 1. The van der Waals surface area contributed by atoms with Crippen LogP contribution in [0.3, 0.4) is 0 Å². The highest BCUT2D eigenvalue weighted by Gasteiger charge is 2.22. The van der Waals surface area contributed by atoms with Gasteiger partial charge in [0.2, 0.25) is 0 Å². The van der Waals surface area contributed by atoms with Gasteiger partial charge in [0.25, 0.3) is 0 Å². The highest BCUT2D eigenvalue weighted by Crippen LogP contribution is 2.36. The highest BCUT2D eigenvalue weighted by molar-refractivity contribution is 5.69. The van der Waals surface area contributed by atoms with E-state index in [2.05, 4.69) is 29.9 Å². The molecule has 0 aromatic heterocycles. The van der Waals surface area contributed by atoms with Crippen molar-refractivity contribution in [1.82, 2.24) is 0 Å². The number of hydrogen-bond acceptors (Lipinski definition) is 3. The molecule has 1 aromatic carbocycles. The molecule has 3 heteroatoms. The molecule has 1 aliphatic rings. The van der Waals surface area contributed by atoms with E-state index < -0.39 is 0 Å². The summed E-state index contributed by atoms with van der Waals surface area (Å²) in [6.07, 6.45) is 5.58. The summed E-state index contributed by atoms with van der Waals surface area (Å²) in [5.74, 6) is 0.661. The SMILES string of the molecule is COC(=O)CCC1C=Cc2cc(N)ccc2C1C. The Morgan fingerprint density at radius 2 is 2.22 bits per heavy atom. The molecule has 0 aliphatic heterocycles. The lowest BCUT2D eigenvalue weighted by atomic mass is 9.78. The molecular weight excluding hydrogens is 226 g/mol. The lowest BCUT2D eigenvalue weighted by Crippen LogP contribution is -2.14. The maximum absolute atomic E-state index is 11.2. The van der Waals surface area contributed by atoms with Crippen LogP contribution in [0.1, 0.15) is 36.8 Å². The Labute approximate surface area is 108 Å². The molecule has 2 rings (SSSR count). The maximum atomic E-state index is 11.2. The second-order valence-electron chi connectivity index (χ2n) is 4.81. The zero-order valence-corrected chi connectivity index (χ0v) is 10.8. The largest absolute Gasteiger partial charge is 0.469 e. The molecule has 0 spiro atoms. The van der Waals surface area contributed by atoms with Gasteiger partial charge in [0, 0.05) is 12.1 Å². The first-order valence-electron chi connectivity index (χ1n) is 6.26. The van der Waals surface area contributed by atoms with Crippen LogP contribution in [0.4, 0.5) is 5.69 Å². The van der Waals surface area contributed by atoms with E-state index in [4.69, 9.17) is 5.73 Å². The summed E-state index contributed by atoms with van der Waals surface area (Å²) in [5.41, 5.74) is 9.07. The van der Waals surface area contributed by atoms with Crippen molar-refractivity contribution in [2.24, 2.45) is 5.92 Å². The fourth-order valence-corrected chi connectivity index (χ4v) is 2.51. The van der Waals surface area contributed by atoms with E-state index in [-0.39, 0.29) is 5.97 Å². The average molecular weight is 245 g/mol. The van der Waals surface area contributed by atoms with E-state index in [1.54, 1.807) is 0 Å². The van der Waals surface area contributed by atoms with Gasteiger partial charge in [-0.3, -0.25) is 4.79 Å². The first-order chi connectivity index (χ1) is 8.61. The summed E-state index contributed by atoms with van der Waals surface area (Å²) in [5, 5.41) is 0. The summed E-state index contributed by atoms with van der Waals surface area (Å²) in [7, 11) is 1.43. The monoisotopic (exact) mass is 245 g/mol. The number of nitrogens with two attached hydrogens (primary N) is 1. The van der Waals surface area contributed by atoms with Gasteiger partial charge in [0.15, 0.2) is 0 Å². The number of allylic oxidation sites excluding steroid dienone is 1. The van der Waals surface area contributed by atoms with Crippen LogP contribution in [0.25, 0.3) is 6.08 Å². The lowest BCUT2D eigenvalue weighted by molar-refractivity contribution is -0.140. The molecule has 0 saturated carbocycles. The fourth-order valence-electron chi connectivity index (χ4n) is 2.51. The summed E-state index contributed by atoms with van der Waals surface area (Å²) >= 11 is 0. The molecule has 0 bridgehead atoms. The van der Waals surface area contributed by atoms with Gasteiger partial charge in [-0.25, -0.2) is 0 Å². The predicted molar refractivity (Wildman–Crippen MR) is 73.0 cm³/mol. The molecule has 0 radical (unpaired) electrons. The van der Waals surface area contributed by atoms with Gasteiger partial charge < -0.3 is 10.5 Å². The van der Waals surface area contributed by atoms with Crippen LogP contribution in [0.2, 0.25) is 0 Å². The van der Waals surface area contributed by atoms with Crippen molar-refractivity contribution in [2.45, 2.75) is 25.7 Å². The van der Waals surface area contributed by atoms with E-state index in [9.17, 15) is 4.79 Å². The molecule has 0 fully saturated rings. The molecule has 1 aliphatic carbocycles. The number of fused-ring (bicyclic) bond motifs is 1. The maximum Gasteiger partial charge on any atom is 0.305 e. The molecule has 18 heavy (non-hydrogen) atoms. The molecule has 1 aromatic rings. The predicted octanol–water partition coefficient (Wildman–Crippen LogP) is 2.97. The third kappa shape index (κ3) is 2.55.